The van der Waals surface area contributed by atoms with Gasteiger partial charge in [-0.05, 0) is 43.2 Å². The quantitative estimate of drug-likeness (QED) is 0.730. The van der Waals surface area contributed by atoms with Crippen molar-refractivity contribution in [3.05, 3.63) is 53.5 Å². The van der Waals surface area contributed by atoms with Gasteiger partial charge in [-0.3, -0.25) is 4.79 Å². The van der Waals surface area contributed by atoms with Gasteiger partial charge in [0.25, 0.3) is 0 Å². The van der Waals surface area contributed by atoms with E-state index in [1.165, 1.54) is 13.2 Å². The minimum atomic E-state index is -0.720. The van der Waals surface area contributed by atoms with Crippen molar-refractivity contribution in [3.63, 3.8) is 0 Å². The first kappa shape index (κ1) is 18.5. The van der Waals surface area contributed by atoms with Crippen LogP contribution in [-0.2, 0) is 27.3 Å². The van der Waals surface area contributed by atoms with Crippen molar-refractivity contribution >= 4 is 11.9 Å². The van der Waals surface area contributed by atoms with Gasteiger partial charge < -0.3 is 24.4 Å². The number of ether oxygens (including phenoxy) is 3. The lowest BCUT2D eigenvalue weighted by Gasteiger charge is -2.11. The summed E-state index contributed by atoms with van der Waals surface area (Å²) in [6.07, 6.45) is 0.350. The fourth-order valence-corrected chi connectivity index (χ4v) is 2.17. The van der Waals surface area contributed by atoms with Crippen LogP contribution >= 0.6 is 0 Å². The molecule has 0 saturated heterocycles. The molecule has 1 heterocycles. The van der Waals surface area contributed by atoms with E-state index in [1.54, 1.807) is 25.1 Å². The number of nitrogens with two attached hydrogens (primary N) is 1. The summed E-state index contributed by atoms with van der Waals surface area (Å²) in [5.74, 6) is 0.245. The molecule has 2 rings (SSSR count). The summed E-state index contributed by atoms with van der Waals surface area (Å²) in [7, 11) is 1.29. The third-order valence-electron chi connectivity index (χ3n) is 3.37. The van der Waals surface area contributed by atoms with Gasteiger partial charge in [0.05, 0.1) is 13.7 Å². The van der Waals surface area contributed by atoms with Crippen molar-refractivity contribution < 1.29 is 28.2 Å². The SMILES string of the molecule is CCOC(=O)C(N)Cc1cccc(OCc2ccc(C(=O)OC)o2)c1. The molecule has 134 valence electrons. The molecule has 0 bridgehead atoms. The Balaban J connectivity index is 1.94. The Morgan fingerprint density at radius 3 is 2.76 bits per heavy atom. The average molecular weight is 347 g/mol. The lowest BCUT2D eigenvalue weighted by atomic mass is 10.1. The van der Waals surface area contributed by atoms with E-state index in [0.717, 1.165) is 5.56 Å². The number of esters is 2. The minimum Gasteiger partial charge on any atom is -0.486 e. The number of carbonyl (C=O) groups is 2. The Labute approximate surface area is 145 Å². The molecule has 0 aliphatic rings. The highest BCUT2D eigenvalue weighted by Gasteiger charge is 2.15. The number of carbonyl (C=O) groups excluding carboxylic acids is 2. The zero-order chi connectivity index (χ0) is 18.2. The van der Waals surface area contributed by atoms with Gasteiger partial charge in [-0.25, -0.2) is 4.79 Å². The van der Waals surface area contributed by atoms with Crippen LogP contribution < -0.4 is 10.5 Å². The first-order valence-electron chi connectivity index (χ1n) is 7.84. The molecule has 1 unspecified atom stereocenters. The molecule has 0 saturated carbocycles. The molecule has 7 heteroatoms. The lowest BCUT2D eigenvalue weighted by molar-refractivity contribution is -0.144. The van der Waals surface area contributed by atoms with Crippen LogP contribution in [0.3, 0.4) is 0 Å². The van der Waals surface area contributed by atoms with Crippen molar-refractivity contribution in [2.24, 2.45) is 5.73 Å². The van der Waals surface area contributed by atoms with E-state index >= 15 is 0 Å². The normalized spacial score (nSPS) is 11.6. The topological polar surface area (TPSA) is 101 Å². The van der Waals surface area contributed by atoms with Crippen LogP contribution in [0.25, 0.3) is 0 Å². The van der Waals surface area contributed by atoms with Gasteiger partial charge in [-0.2, -0.15) is 0 Å². The zero-order valence-corrected chi connectivity index (χ0v) is 14.2. The first-order chi connectivity index (χ1) is 12.0. The molecule has 0 amide bonds. The van der Waals surface area contributed by atoms with E-state index in [0.29, 0.717) is 24.5 Å². The molecule has 2 aromatic rings. The van der Waals surface area contributed by atoms with E-state index in [2.05, 4.69) is 4.74 Å². The molecule has 25 heavy (non-hydrogen) atoms. The van der Waals surface area contributed by atoms with E-state index in [1.807, 2.05) is 12.1 Å². The van der Waals surface area contributed by atoms with Gasteiger partial charge in [0.15, 0.2) is 0 Å². The smallest absolute Gasteiger partial charge is 0.373 e. The molecular weight excluding hydrogens is 326 g/mol. The van der Waals surface area contributed by atoms with Crippen molar-refractivity contribution in [3.8, 4) is 5.75 Å². The van der Waals surface area contributed by atoms with Gasteiger partial charge in [0.2, 0.25) is 5.76 Å². The van der Waals surface area contributed by atoms with Crippen LogP contribution in [0.1, 0.15) is 28.8 Å². The molecule has 0 spiro atoms. The Hall–Kier alpha value is -2.80. The Morgan fingerprint density at radius 2 is 2.04 bits per heavy atom. The molecule has 1 atom stereocenters. The Bertz CT molecular complexity index is 724. The zero-order valence-electron chi connectivity index (χ0n) is 14.2. The molecule has 1 aromatic heterocycles. The molecule has 0 aliphatic heterocycles. The summed E-state index contributed by atoms with van der Waals surface area (Å²) in [6.45, 7) is 2.19. The summed E-state index contributed by atoms with van der Waals surface area (Å²) in [5, 5.41) is 0. The van der Waals surface area contributed by atoms with E-state index in [4.69, 9.17) is 19.6 Å². The van der Waals surface area contributed by atoms with Gasteiger partial charge in [0, 0.05) is 0 Å². The fraction of sp³-hybridized carbons (Fsp3) is 0.333. The van der Waals surface area contributed by atoms with Crippen LogP contribution in [0, 0.1) is 0 Å². The van der Waals surface area contributed by atoms with Crippen LogP contribution in [0.2, 0.25) is 0 Å². The molecule has 7 nitrogen and oxygen atoms in total. The number of methoxy groups -OCH3 is 1. The number of benzene rings is 1. The summed E-state index contributed by atoms with van der Waals surface area (Å²) in [6, 6.07) is 9.69. The second kappa shape index (κ2) is 8.89. The molecule has 0 aliphatic carbocycles. The van der Waals surface area contributed by atoms with E-state index in [-0.39, 0.29) is 12.4 Å². The summed E-state index contributed by atoms with van der Waals surface area (Å²) >= 11 is 0. The highest BCUT2D eigenvalue weighted by Crippen LogP contribution is 2.17. The standard InChI is InChI=1S/C18H21NO6/c1-3-23-17(20)15(19)10-12-5-4-6-13(9-12)24-11-14-7-8-16(25-14)18(21)22-2/h4-9,15H,3,10-11,19H2,1-2H3. The summed E-state index contributed by atoms with van der Waals surface area (Å²) < 4.78 is 20.5. The van der Waals surface area contributed by atoms with Gasteiger partial charge in [-0.15, -0.1) is 0 Å². The predicted molar refractivity (Wildman–Crippen MR) is 89.1 cm³/mol. The number of hydrogen-bond donors (Lipinski definition) is 1. The highest BCUT2D eigenvalue weighted by atomic mass is 16.5. The highest BCUT2D eigenvalue weighted by molar-refractivity contribution is 5.86. The fourth-order valence-electron chi connectivity index (χ4n) is 2.17. The largest absolute Gasteiger partial charge is 0.486 e. The molecule has 1 aromatic carbocycles. The third kappa shape index (κ3) is 5.36. The molecule has 0 fully saturated rings. The number of rotatable bonds is 8. The number of hydrogen-bond acceptors (Lipinski definition) is 7. The Morgan fingerprint density at radius 1 is 1.24 bits per heavy atom. The van der Waals surface area contributed by atoms with Crippen molar-refractivity contribution in [2.45, 2.75) is 26.0 Å². The molecular formula is C18H21NO6. The summed E-state index contributed by atoms with van der Waals surface area (Å²) in [5.41, 5.74) is 6.67. The van der Waals surface area contributed by atoms with Crippen molar-refractivity contribution in [1.29, 1.82) is 0 Å². The van der Waals surface area contributed by atoms with Gasteiger partial charge >= 0.3 is 11.9 Å². The van der Waals surface area contributed by atoms with Crippen molar-refractivity contribution in [2.75, 3.05) is 13.7 Å². The first-order valence-corrected chi connectivity index (χ1v) is 7.84. The predicted octanol–water partition coefficient (Wildman–Crippen LogP) is 2.08. The maximum atomic E-state index is 11.6. The van der Waals surface area contributed by atoms with E-state index in [9.17, 15) is 9.59 Å². The van der Waals surface area contributed by atoms with Crippen LogP contribution in [-0.4, -0.2) is 31.7 Å². The van der Waals surface area contributed by atoms with E-state index < -0.39 is 18.0 Å². The van der Waals surface area contributed by atoms with Crippen LogP contribution in [0.4, 0.5) is 0 Å². The molecule has 0 radical (unpaired) electrons. The monoisotopic (exact) mass is 347 g/mol. The van der Waals surface area contributed by atoms with Crippen LogP contribution in [0.5, 0.6) is 5.75 Å². The van der Waals surface area contributed by atoms with Gasteiger partial charge in [0.1, 0.15) is 24.2 Å². The summed E-state index contributed by atoms with van der Waals surface area (Å²) in [4.78, 5) is 22.9. The van der Waals surface area contributed by atoms with Crippen LogP contribution in [0.15, 0.2) is 40.8 Å². The maximum absolute atomic E-state index is 11.6. The third-order valence-corrected chi connectivity index (χ3v) is 3.37. The van der Waals surface area contributed by atoms with Gasteiger partial charge in [-0.1, -0.05) is 12.1 Å². The molecule has 2 N–H and O–H groups in total. The average Bonchev–Trinajstić information content (AvgIpc) is 3.09. The maximum Gasteiger partial charge on any atom is 0.373 e. The lowest BCUT2D eigenvalue weighted by Crippen LogP contribution is -2.34. The second-order valence-corrected chi connectivity index (χ2v) is 5.26. The Kier molecular flexibility index (Phi) is 6.59. The second-order valence-electron chi connectivity index (χ2n) is 5.26. The number of furan rings is 1. The minimum absolute atomic E-state index is 0.121. The van der Waals surface area contributed by atoms with Crippen molar-refractivity contribution in [1.82, 2.24) is 0 Å².